The summed E-state index contributed by atoms with van der Waals surface area (Å²) in [5, 5.41) is 0. The lowest BCUT2D eigenvalue weighted by Gasteiger charge is -2.17. The molecule has 0 spiro atoms. The zero-order chi connectivity index (χ0) is 18.0. The van der Waals surface area contributed by atoms with E-state index in [4.69, 9.17) is 12.2 Å². The average Bonchev–Trinajstić information content (AvgIpc) is 2.88. The summed E-state index contributed by atoms with van der Waals surface area (Å²) < 4.78 is 0.455. The Kier molecular flexibility index (Phi) is 5.01. The molecule has 1 heterocycles. The Balaban J connectivity index is 1.93. The number of carbonyl (C=O) groups is 2. The minimum Gasteiger partial charge on any atom is -0.287 e. The fourth-order valence-corrected chi connectivity index (χ4v) is 3.69. The van der Waals surface area contributed by atoms with Gasteiger partial charge < -0.3 is 0 Å². The molecule has 6 heteroatoms. The third-order valence-electron chi connectivity index (χ3n) is 3.71. The van der Waals surface area contributed by atoms with E-state index in [0.29, 0.717) is 14.9 Å². The van der Waals surface area contributed by atoms with E-state index in [1.54, 1.807) is 6.20 Å². The molecule has 0 bridgehead atoms. The molecule has 0 atom stereocenters. The predicted octanol–water partition coefficient (Wildman–Crippen LogP) is 4.25. The van der Waals surface area contributed by atoms with Crippen LogP contribution in [0.5, 0.6) is 0 Å². The summed E-state index contributed by atoms with van der Waals surface area (Å²) in [6.07, 6.45) is 1.56. The van der Waals surface area contributed by atoms with Crippen LogP contribution in [0.3, 0.4) is 0 Å². The minimum atomic E-state index is -0.221. The number of thiocarbonyl (C=S) groups is 1. The number of carbonyl (C=O) groups excluding carboxylic acids is 2. The Morgan fingerprint density at radius 3 is 2.36 bits per heavy atom. The van der Waals surface area contributed by atoms with Gasteiger partial charge in [0.25, 0.3) is 5.91 Å². The molecule has 0 saturated carbocycles. The van der Waals surface area contributed by atoms with Gasteiger partial charge in [0.2, 0.25) is 5.91 Å². The maximum Gasteiger partial charge on any atom is 0.272 e. The number of aryl methyl sites for hydroxylation is 1. The lowest BCUT2D eigenvalue weighted by atomic mass is 10.2. The summed E-state index contributed by atoms with van der Waals surface area (Å²) in [5.74, 6) is -0.396. The monoisotopic (exact) mass is 368 g/mol. The van der Waals surface area contributed by atoms with Crippen LogP contribution in [0.1, 0.15) is 12.5 Å². The van der Waals surface area contributed by atoms with Crippen LogP contribution >= 0.6 is 24.0 Å². The van der Waals surface area contributed by atoms with E-state index in [2.05, 4.69) is 0 Å². The van der Waals surface area contributed by atoms with Crippen molar-refractivity contribution in [3.63, 3.8) is 0 Å². The van der Waals surface area contributed by atoms with Gasteiger partial charge in [0.05, 0.1) is 10.6 Å². The van der Waals surface area contributed by atoms with E-state index in [1.165, 1.54) is 28.5 Å². The molecule has 0 unspecified atom stereocenters. The van der Waals surface area contributed by atoms with Crippen molar-refractivity contribution in [2.75, 3.05) is 9.80 Å². The van der Waals surface area contributed by atoms with E-state index in [9.17, 15) is 9.59 Å². The molecule has 2 aromatic carbocycles. The van der Waals surface area contributed by atoms with Crippen LogP contribution in [0.25, 0.3) is 0 Å². The summed E-state index contributed by atoms with van der Waals surface area (Å²) in [7, 11) is 0. The molecule has 4 nitrogen and oxygen atoms in total. The van der Waals surface area contributed by atoms with E-state index in [1.807, 2.05) is 61.5 Å². The van der Waals surface area contributed by atoms with E-state index < -0.39 is 0 Å². The topological polar surface area (TPSA) is 40.6 Å². The molecule has 3 rings (SSSR count). The van der Waals surface area contributed by atoms with E-state index in [0.717, 1.165) is 11.3 Å². The zero-order valence-corrected chi connectivity index (χ0v) is 15.4. The van der Waals surface area contributed by atoms with Crippen molar-refractivity contribution in [1.29, 1.82) is 0 Å². The third kappa shape index (κ3) is 3.65. The SMILES string of the molecule is CC(=O)N(/C=C1/SC(=S)N(c2ccc(C)cc2)C1=O)c1ccccc1. The first-order chi connectivity index (χ1) is 12.0. The highest BCUT2D eigenvalue weighted by Gasteiger charge is 2.34. The summed E-state index contributed by atoms with van der Waals surface area (Å²) in [6, 6.07) is 16.8. The molecule has 0 aliphatic carbocycles. The number of rotatable bonds is 3. The molecule has 1 aliphatic heterocycles. The molecular weight excluding hydrogens is 352 g/mol. The molecule has 1 aliphatic rings. The minimum absolute atomic E-state index is 0.174. The van der Waals surface area contributed by atoms with Crippen LogP contribution in [0, 0.1) is 6.92 Å². The second-order valence-corrected chi connectivity index (χ2v) is 7.24. The van der Waals surface area contributed by atoms with Gasteiger partial charge in [0.1, 0.15) is 0 Å². The van der Waals surface area contributed by atoms with Gasteiger partial charge in [0.15, 0.2) is 4.32 Å². The van der Waals surface area contributed by atoms with Crippen LogP contribution in [0.2, 0.25) is 0 Å². The van der Waals surface area contributed by atoms with Gasteiger partial charge in [-0.3, -0.25) is 19.4 Å². The molecular formula is C19H16N2O2S2. The second kappa shape index (κ2) is 7.21. The van der Waals surface area contributed by atoms with Gasteiger partial charge in [-0.2, -0.15) is 0 Å². The molecule has 126 valence electrons. The van der Waals surface area contributed by atoms with Crippen molar-refractivity contribution in [3.8, 4) is 0 Å². The molecule has 1 saturated heterocycles. The number of nitrogens with zero attached hydrogens (tertiary/aromatic N) is 2. The van der Waals surface area contributed by atoms with Gasteiger partial charge in [-0.25, -0.2) is 0 Å². The Hall–Kier alpha value is -2.44. The molecule has 0 N–H and O–H groups in total. The molecule has 25 heavy (non-hydrogen) atoms. The average molecular weight is 368 g/mol. The fourth-order valence-electron chi connectivity index (χ4n) is 2.43. The first-order valence-corrected chi connectivity index (χ1v) is 8.89. The summed E-state index contributed by atoms with van der Waals surface area (Å²) in [5.41, 5.74) is 2.54. The normalized spacial score (nSPS) is 15.8. The summed E-state index contributed by atoms with van der Waals surface area (Å²) >= 11 is 6.56. The van der Waals surface area contributed by atoms with Gasteiger partial charge in [-0.1, -0.05) is 59.9 Å². The lowest BCUT2D eigenvalue weighted by Crippen LogP contribution is -2.28. The first kappa shape index (κ1) is 17.4. The smallest absolute Gasteiger partial charge is 0.272 e. The Morgan fingerprint density at radius 2 is 1.76 bits per heavy atom. The van der Waals surface area contributed by atoms with Crippen molar-refractivity contribution in [3.05, 3.63) is 71.3 Å². The molecule has 2 amide bonds. The van der Waals surface area contributed by atoms with Crippen LogP contribution in [-0.4, -0.2) is 16.1 Å². The highest BCUT2D eigenvalue weighted by atomic mass is 32.2. The fraction of sp³-hybridized carbons (Fsp3) is 0.105. The van der Waals surface area contributed by atoms with Crippen LogP contribution in [-0.2, 0) is 9.59 Å². The van der Waals surface area contributed by atoms with Crippen LogP contribution in [0.15, 0.2) is 65.7 Å². The number of para-hydroxylation sites is 1. The van der Waals surface area contributed by atoms with Crippen molar-refractivity contribution in [2.45, 2.75) is 13.8 Å². The van der Waals surface area contributed by atoms with Crippen LogP contribution in [0.4, 0.5) is 11.4 Å². The number of anilines is 2. The largest absolute Gasteiger partial charge is 0.287 e. The van der Waals surface area contributed by atoms with Gasteiger partial charge >= 0.3 is 0 Å². The molecule has 0 aromatic heterocycles. The number of amides is 2. The summed E-state index contributed by atoms with van der Waals surface area (Å²) in [4.78, 5) is 28.2. The van der Waals surface area contributed by atoms with E-state index in [-0.39, 0.29) is 11.8 Å². The first-order valence-electron chi connectivity index (χ1n) is 7.67. The molecule has 2 aromatic rings. The zero-order valence-electron chi connectivity index (χ0n) is 13.8. The van der Waals surface area contributed by atoms with Crippen molar-refractivity contribution >= 4 is 51.5 Å². The highest BCUT2D eigenvalue weighted by molar-refractivity contribution is 8.27. The molecule has 1 fully saturated rings. The van der Waals surface area contributed by atoms with Crippen molar-refractivity contribution in [1.82, 2.24) is 0 Å². The highest BCUT2D eigenvalue weighted by Crippen LogP contribution is 2.35. The summed E-state index contributed by atoms with van der Waals surface area (Å²) in [6.45, 7) is 3.45. The van der Waals surface area contributed by atoms with Crippen molar-refractivity contribution < 1.29 is 9.59 Å². The maximum absolute atomic E-state index is 12.8. The predicted molar refractivity (Wildman–Crippen MR) is 107 cm³/mol. The number of hydrogen-bond acceptors (Lipinski definition) is 4. The second-order valence-electron chi connectivity index (χ2n) is 5.56. The maximum atomic E-state index is 12.8. The Bertz CT molecular complexity index is 861. The quantitative estimate of drug-likeness (QED) is 0.600. The standard InChI is InChI=1S/C19H16N2O2S2/c1-13-8-10-16(11-9-13)21-18(23)17(25-19(21)24)12-20(14(2)22)15-6-4-3-5-7-15/h3-12H,1-2H3/b17-12+. The lowest BCUT2D eigenvalue weighted by molar-refractivity contribution is -0.116. The number of thioether (sulfide) groups is 1. The van der Waals surface area contributed by atoms with Gasteiger partial charge in [-0.15, -0.1) is 0 Å². The van der Waals surface area contributed by atoms with E-state index >= 15 is 0 Å². The molecule has 0 radical (unpaired) electrons. The Labute approximate surface area is 156 Å². The van der Waals surface area contributed by atoms with Gasteiger partial charge in [-0.05, 0) is 31.2 Å². The number of hydrogen-bond donors (Lipinski definition) is 0. The van der Waals surface area contributed by atoms with Gasteiger partial charge in [0, 0.05) is 18.8 Å². The number of benzene rings is 2. The third-order valence-corrected chi connectivity index (χ3v) is 5.00. The van der Waals surface area contributed by atoms with Crippen LogP contribution < -0.4 is 9.80 Å². The van der Waals surface area contributed by atoms with Crippen molar-refractivity contribution in [2.24, 2.45) is 0 Å². The Morgan fingerprint density at radius 1 is 1.12 bits per heavy atom.